The van der Waals surface area contributed by atoms with Gasteiger partial charge in [-0.1, -0.05) is 12.1 Å². The zero-order chi connectivity index (χ0) is 19.6. The molecule has 0 spiro atoms. The molecule has 2 N–H and O–H groups in total. The minimum atomic E-state index is -0.630. The van der Waals surface area contributed by atoms with Crippen LogP contribution in [0.1, 0.15) is 30.4 Å². The predicted molar refractivity (Wildman–Crippen MR) is 107 cm³/mol. The summed E-state index contributed by atoms with van der Waals surface area (Å²) in [7, 11) is 1.63. The summed E-state index contributed by atoms with van der Waals surface area (Å²) in [5, 5.41) is 5.97. The fraction of sp³-hybridized carbons (Fsp3) is 0.364. The first-order valence-electron chi connectivity index (χ1n) is 9.57. The van der Waals surface area contributed by atoms with Crippen LogP contribution in [0.3, 0.4) is 0 Å². The number of benzene rings is 2. The summed E-state index contributed by atoms with van der Waals surface area (Å²) in [6.45, 7) is 1.10. The minimum absolute atomic E-state index is 0.0271. The van der Waals surface area contributed by atoms with Crippen LogP contribution in [-0.4, -0.2) is 32.1 Å². The molecule has 146 valence electrons. The molecule has 0 saturated carbocycles. The smallest absolute Gasteiger partial charge is 0.235 e. The highest BCUT2D eigenvalue weighted by atomic mass is 16.5. The fourth-order valence-electron chi connectivity index (χ4n) is 3.99. The van der Waals surface area contributed by atoms with Gasteiger partial charge < -0.3 is 20.1 Å². The van der Waals surface area contributed by atoms with E-state index in [1.54, 1.807) is 7.11 Å². The van der Waals surface area contributed by atoms with Crippen molar-refractivity contribution in [1.82, 2.24) is 0 Å². The monoisotopic (exact) mass is 380 g/mol. The number of hydrogen-bond donors (Lipinski definition) is 2. The summed E-state index contributed by atoms with van der Waals surface area (Å²) in [6, 6.07) is 13.4. The first-order valence-corrected chi connectivity index (χ1v) is 9.57. The molecule has 1 fully saturated rings. The zero-order valence-corrected chi connectivity index (χ0v) is 15.9. The molecule has 4 rings (SSSR count). The van der Waals surface area contributed by atoms with Gasteiger partial charge in [-0.3, -0.25) is 9.59 Å². The third-order valence-corrected chi connectivity index (χ3v) is 5.68. The van der Waals surface area contributed by atoms with E-state index in [1.807, 2.05) is 42.5 Å². The van der Waals surface area contributed by atoms with Gasteiger partial charge in [0.05, 0.1) is 12.5 Å². The number of hydrogen-bond acceptors (Lipinski definition) is 4. The lowest BCUT2D eigenvalue weighted by Crippen LogP contribution is -2.44. The molecule has 28 heavy (non-hydrogen) atoms. The van der Waals surface area contributed by atoms with Gasteiger partial charge in [-0.15, -0.1) is 0 Å². The molecule has 0 aliphatic carbocycles. The number of fused-ring (bicyclic) bond motifs is 1. The number of carbonyl (C=O) groups excluding carboxylic acids is 2. The first-order chi connectivity index (χ1) is 13.6. The maximum absolute atomic E-state index is 13.4. The summed E-state index contributed by atoms with van der Waals surface area (Å²) in [6.07, 6.45) is 2.41. The summed E-state index contributed by atoms with van der Waals surface area (Å²) in [5.74, 6) is 0.772. The molecule has 6 heteroatoms. The van der Waals surface area contributed by atoms with Gasteiger partial charge in [0.2, 0.25) is 11.8 Å². The van der Waals surface area contributed by atoms with Crippen molar-refractivity contribution in [2.45, 2.75) is 31.1 Å². The molecular weight excluding hydrogens is 356 g/mol. The Morgan fingerprint density at radius 1 is 1.11 bits per heavy atom. The Kier molecular flexibility index (Phi) is 5.05. The lowest BCUT2D eigenvalue weighted by atomic mass is 9.73. The van der Waals surface area contributed by atoms with Gasteiger partial charge in [0.1, 0.15) is 5.75 Å². The van der Waals surface area contributed by atoms with Gasteiger partial charge in [-0.25, -0.2) is 0 Å². The Morgan fingerprint density at radius 2 is 1.86 bits per heavy atom. The van der Waals surface area contributed by atoms with E-state index in [9.17, 15) is 9.59 Å². The maximum atomic E-state index is 13.4. The highest BCUT2D eigenvalue weighted by Crippen LogP contribution is 2.37. The molecular formula is C22H24N2O4. The average molecular weight is 380 g/mol. The summed E-state index contributed by atoms with van der Waals surface area (Å²) >= 11 is 0. The average Bonchev–Trinajstić information content (AvgIpc) is 2.74. The van der Waals surface area contributed by atoms with Crippen LogP contribution in [0.15, 0.2) is 42.5 Å². The van der Waals surface area contributed by atoms with E-state index in [0.29, 0.717) is 38.9 Å². The second-order valence-corrected chi connectivity index (χ2v) is 7.30. The molecule has 2 aromatic carbocycles. The van der Waals surface area contributed by atoms with Crippen molar-refractivity contribution in [1.29, 1.82) is 0 Å². The lowest BCUT2D eigenvalue weighted by molar-refractivity contribution is -0.125. The van der Waals surface area contributed by atoms with Crippen LogP contribution in [0, 0.1) is 0 Å². The molecule has 2 heterocycles. The van der Waals surface area contributed by atoms with Crippen LogP contribution in [0.2, 0.25) is 0 Å². The zero-order valence-electron chi connectivity index (χ0n) is 15.9. The van der Waals surface area contributed by atoms with E-state index >= 15 is 0 Å². The van der Waals surface area contributed by atoms with E-state index in [4.69, 9.17) is 9.47 Å². The van der Waals surface area contributed by atoms with Gasteiger partial charge >= 0.3 is 0 Å². The van der Waals surface area contributed by atoms with Crippen LogP contribution in [0.5, 0.6) is 5.75 Å². The molecule has 1 saturated heterocycles. The maximum Gasteiger partial charge on any atom is 0.235 e. The summed E-state index contributed by atoms with van der Waals surface area (Å²) in [5.41, 5.74) is 2.96. The topological polar surface area (TPSA) is 76.7 Å². The lowest BCUT2D eigenvalue weighted by Gasteiger charge is -2.36. The number of carbonyl (C=O) groups is 2. The van der Waals surface area contributed by atoms with E-state index < -0.39 is 5.41 Å². The van der Waals surface area contributed by atoms with Gasteiger partial charge in [0, 0.05) is 31.0 Å². The number of rotatable bonds is 4. The highest BCUT2D eigenvalue weighted by molar-refractivity contribution is 6.00. The largest absolute Gasteiger partial charge is 0.497 e. The van der Waals surface area contributed by atoms with Crippen molar-refractivity contribution in [3.63, 3.8) is 0 Å². The number of methoxy groups -OCH3 is 1. The van der Waals surface area contributed by atoms with E-state index in [-0.39, 0.29) is 11.8 Å². The number of anilines is 2. The van der Waals surface area contributed by atoms with Gasteiger partial charge in [-0.2, -0.15) is 0 Å². The molecule has 0 atom stereocenters. The Balaban J connectivity index is 1.60. The molecule has 0 bridgehead atoms. The minimum Gasteiger partial charge on any atom is -0.497 e. The van der Waals surface area contributed by atoms with Crippen LogP contribution < -0.4 is 15.4 Å². The van der Waals surface area contributed by atoms with Crippen molar-refractivity contribution in [3.05, 3.63) is 53.6 Å². The molecule has 6 nitrogen and oxygen atoms in total. The Labute approximate surface area is 164 Å². The fourth-order valence-corrected chi connectivity index (χ4v) is 3.99. The van der Waals surface area contributed by atoms with E-state index in [2.05, 4.69) is 10.6 Å². The SMILES string of the molecule is COc1ccc(C2(C(=O)Nc3ccc4c(c3)CCC(=O)N4)CCOCC2)cc1. The van der Waals surface area contributed by atoms with Gasteiger partial charge in [0.15, 0.2) is 0 Å². The van der Waals surface area contributed by atoms with Crippen molar-refractivity contribution in [2.24, 2.45) is 0 Å². The number of amides is 2. The quantitative estimate of drug-likeness (QED) is 0.854. The summed E-state index contributed by atoms with van der Waals surface area (Å²) < 4.78 is 10.8. The van der Waals surface area contributed by atoms with Crippen molar-refractivity contribution < 1.29 is 19.1 Å². The molecule has 0 radical (unpaired) electrons. The van der Waals surface area contributed by atoms with Crippen LogP contribution in [0.25, 0.3) is 0 Å². The Morgan fingerprint density at radius 3 is 2.57 bits per heavy atom. The third-order valence-electron chi connectivity index (χ3n) is 5.68. The standard InChI is InChI=1S/C22H24N2O4/c1-27-18-6-3-16(4-7-18)22(10-12-28-13-11-22)21(26)23-17-5-8-19-15(14-17)2-9-20(25)24-19/h3-8,14H,2,9-13H2,1H3,(H,23,26)(H,24,25). The van der Waals surface area contributed by atoms with E-state index in [1.165, 1.54) is 0 Å². The Hall–Kier alpha value is -2.86. The van der Waals surface area contributed by atoms with Crippen LogP contribution >= 0.6 is 0 Å². The number of aryl methyl sites for hydroxylation is 1. The molecule has 2 amide bonds. The molecule has 2 aliphatic rings. The molecule has 0 aromatic heterocycles. The predicted octanol–water partition coefficient (Wildman–Crippen LogP) is 3.27. The second-order valence-electron chi connectivity index (χ2n) is 7.30. The van der Waals surface area contributed by atoms with Crippen molar-refractivity contribution in [3.8, 4) is 5.75 Å². The molecule has 2 aliphatic heterocycles. The second kappa shape index (κ2) is 7.64. The first kappa shape index (κ1) is 18.5. The highest BCUT2D eigenvalue weighted by Gasteiger charge is 2.41. The van der Waals surface area contributed by atoms with Crippen molar-refractivity contribution >= 4 is 23.2 Å². The third kappa shape index (κ3) is 3.47. The van der Waals surface area contributed by atoms with Gasteiger partial charge in [-0.05, 0) is 60.7 Å². The van der Waals surface area contributed by atoms with E-state index in [0.717, 1.165) is 28.3 Å². The van der Waals surface area contributed by atoms with Crippen LogP contribution in [0.4, 0.5) is 11.4 Å². The van der Waals surface area contributed by atoms with Crippen LogP contribution in [-0.2, 0) is 26.2 Å². The molecule has 2 aromatic rings. The Bertz CT molecular complexity index is 886. The van der Waals surface area contributed by atoms with Gasteiger partial charge in [0.25, 0.3) is 0 Å². The normalized spacial score (nSPS) is 18.0. The number of ether oxygens (including phenoxy) is 2. The number of nitrogens with one attached hydrogen (secondary N) is 2. The molecule has 0 unspecified atom stereocenters. The van der Waals surface area contributed by atoms with Crippen molar-refractivity contribution in [2.75, 3.05) is 31.0 Å². The summed E-state index contributed by atoms with van der Waals surface area (Å²) in [4.78, 5) is 24.9.